The van der Waals surface area contributed by atoms with E-state index in [4.69, 9.17) is 24.4 Å². The molecular formula is C52H30N6OS. The van der Waals surface area contributed by atoms with Gasteiger partial charge in [0, 0.05) is 52.8 Å². The minimum absolute atomic E-state index is 0.539. The molecule has 7 nitrogen and oxygen atoms in total. The second-order valence-electron chi connectivity index (χ2n) is 15.0. The maximum atomic E-state index is 6.45. The van der Waals surface area contributed by atoms with Crippen molar-refractivity contribution >= 4 is 86.2 Å². The normalized spacial score (nSPS) is 12.0. The molecule has 0 fully saturated rings. The quantitative estimate of drug-likeness (QED) is 0.174. The summed E-state index contributed by atoms with van der Waals surface area (Å²) in [6.07, 6.45) is 0. The summed E-state index contributed by atoms with van der Waals surface area (Å²) in [5, 5.41) is 6.87. The van der Waals surface area contributed by atoms with Crippen molar-refractivity contribution in [2.75, 3.05) is 0 Å². The number of benzene rings is 8. The molecule has 5 aromatic heterocycles. The number of oxazole rings is 1. The third kappa shape index (κ3) is 4.88. The van der Waals surface area contributed by atoms with Crippen LogP contribution in [0.15, 0.2) is 186 Å². The first kappa shape index (κ1) is 33.1. The molecular weight excluding hydrogens is 757 g/mol. The summed E-state index contributed by atoms with van der Waals surface area (Å²) in [7, 11) is 0. The molecule has 0 atom stereocenters. The first-order valence-corrected chi connectivity index (χ1v) is 20.7. The fourth-order valence-corrected chi connectivity index (χ4v) is 10.1. The average molecular weight is 787 g/mol. The Labute approximate surface area is 346 Å². The molecule has 5 heterocycles. The van der Waals surface area contributed by atoms with E-state index < -0.39 is 0 Å². The van der Waals surface area contributed by atoms with E-state index in [1.54, 1.807) is 11.3 Å². The lowest BCUT2D eigenvalue weighted by molar-refractivity contribution is 0.619. The second kappa shape index (κ2) is 12.8. The van der Waals surface area contributed by atoms with Crippen LogP contribution in [0.2, 0.25) is 0 Å². The van der Waals surface area contributed by atoms with Crippen molar-refractivity contribution in [3.8, 4) is 45.9 Å². The topological polar surface area (TPSA) is 74.6 Å². The highest BCUT2D eigenvalue weighted by atomic mass is 32.1. The molecule has 13 rings (SSSR count). The predicted molar refractivity (Wildman–Crippen MR) is 245 cm³/mol. The SMILES string of the molecule is c1ccc(-c2nc(-c3ccc4sc5ccccc5c4c3)nc(-n3c4ccccc4c4ccc5c6ccccc6n(-c6ccccc6-c6nc7ccccc7o6)c5c43)n2)cc1. The number of aromatic nitrogens is 6. The zero-order valence-corrected chi connectivity index (χ0v) is 32.6. The standard InChI is InChI=1S/C52H30N6OS/c1-2-14-31(15-3-1)49-54-50(32-26-29-46-39(30-32)35-18-7-13-25-45(35)60-46)56-52(55-49)58-42-22-10-5-17-34(42)37-28-27-36-33-16-4-9-21-41(33)57(47(36)48(37)58)43-23-11-6-19-38(43)51-53-40-20-8-12-24-44(40)59-51/h1-30H. The molecule has 0 radical (unpaired) electrons. The lowest BCUT2D eigenvalue weighted by atomic mass is 10.1. The number of rotatable bonds is 5. The third-order valence-corrected chi connectivity index (χ3v) is 12.8. The zero-order chi connectivity index (χ0) is 39.3. The van der Waals surface area contributed by atoms with Gasteiger partial charge in [0.25, 0.3) is 0 Å². The van der Waals surface area contributed by atoms with Crippen molar-refractivity contribution in [3.05, 3.63) is 182 Å². The zero-order valence-electron chi connectivity index (χ0n) is 31.8. The summed E-state index contributed by atoms with van der Waals surface area (Å²) >= 11 is 1.80. The van der Waals surface area contributed by atoms with Gasteiger partial charge in [0.1, 0.15) is 5.52 Å². The molecule has 0 N–H and O–H groups in total. The van der Waals surface area contributed by atoms with E-state index >= 15 is 0 Å². The van der Waals surface area contributed by atoms with E-state index in [0.29, 0.717) is 23.5 Å². The van der Waals surface area contributed by atoms with E-state index in [-0.39, 0.29) is 0 Å². The molecule has 60 heavy (non-hydrogen) atoms. The van der Waals surface area contributed by atoms with E-state index in [1.807, 2.05) is 48.5 Å². The third-order valence-electron chi connectivity index (χ3n) is 11.6. The van der Waals surface area contributed by atoms with Crippen molar-refractivity contribution < 1.29 is 4.42 Å². The fourth-order valence-electron chi connectivity index (χ4n) is 8.97. The van der Waals surface area contributed by atoms with Crippen molar-refractivity contribution in [2.45, 2.75) is 0 Å². The van der Waals surface area contributed by atoms with Crippen molar-refractivity contribution in [3.63, 3.8) is 0 Å². The van der Waals surface area contributed by atoms with Gasteiger partial charge in [-0.2, -0.15) is 9.97 Å². The largest absolute Gasteiger partial charge is 0.436 e. The second-order valence-corrected chi connectivity index (χ2v) is 16.1. The van der Waals surface area contributed by atoms with Gasteiger partial charge >= 0.3 is 0 Å². The lowest BCUT2D eigenvalue weighted by Gasteiger charge is -2.14. The molecule has 0 aliphatic heterocycles. The minimum Gasteiger partial charge on any atom is -0.436 e. The van der Waals surface area contributed by atoms with E-state index in [0.717, 1.165) is 77.1 Å². The summed E-state index contributed by atoms with van der Waals surface area (Å²) in [4.78, 5) is 20.9. The Morgan fingerprint density at radius 2 is 1.03 bits per heavy atom. The molecule has 13 aromatic rings. The van der Waals surface area contributed by atoms with Crippen molar-refractivity contribution in [1.29, 1.82) is 0 Å². The molecule has 0 saturated heterocycles. The number of nitrogens with zero attached hydrogens (tertiary/aromatic N) is 6. The van der Waals surface area contributed by atoms with Gasteiger partial charge in [-0.05, 0) is 60.7 Å². The van der Waals surface area contributed by atoms with Crippen LogP contribution in [-0.2, 0) is 0 Å². The van der Waals surface area contributed by atoms with Crippen LogP contribution in [0.4, 0.5) is 0 Å². The van der Waals surface area contributed by atoms with Crippen LogP contribution in [0.5, 0.6) is 0 Å². The number of hydrogen-bond acceptors (Lipinski definition) is 6. The molecule has 0 bridgehead atoms. The summed E-state index contributed by atoms with van der Waals surface area (Å²) in [5.74, 6) is 2.31. The van der Waals surface area contributed by atoms with Crippen LogP contribution in [0.25, 0.3) is 121 Å². The Bertz CT molecular complexity index is 3820. The van der Waals surface area contributed by atoms with E-state index in [2.05, 4.69) is 143 Å². The first-order valence-electron chi connectivity index (χ1n) is 19.9. The molecule has 8 aromatic carbocycles. The monoisotopic (exact) mass is 786 g/mol. The fraction of sp³-hybridized carbons (Fsp3) is 0. The van der Waals surface area contributed by atoms with Gasteiger partial charge in [-0.15, -0.1) is 11.3 Å². The Hall–Kier alpha value is -7.94. The molecule has 0 unspecified atom stereocenters. The van der Waals surface area contributed by atoms with Gasteiger partial charge < -0.3 is 8.98 Å². The Balaban J connectivity index is 1.15. The maximum Gasteiger partial charge on any atom is 0.238 e. The van der Waals surface area contributed by atoms with Gasteiger partial charge in [0.15, 0.2) is 17.2 Å². The molecule has 280 valence electrons. The van der Waals surface area contributed by atoms with Crippen molar-refractivity contribution in [2.24, 2.45) is 0 Å². The van der Waals surface area contributed by atoms with Crippen molar-refractivity contribution in [1.82, 2.24) is 29.1 Å². The lowest BCUT2D eigenvalue weighted by Crippen LogP contribution is -2.07. The summed E-state index contributed by atoms with van der Waals surface area (Å²) in [5.41, 5.74) is 9.35. The highest BCUT2D eigenvalue weighted by Gasteiger charge is 2.25. The Kier molecular flexibility index (Phi) is 7.05. The number of thiophene rings is 1. The highest BCUT2D eigenvalue weighted by molar-refractivity contribution is 7.25. The molecule has 0 saturated carbocycles. The van der Waals surface area contributed by atoms with E-state index in [9.17, 15) is 0 Å². The number of para-hydroxylation sites is 5. The molecule has 0 spiro atoms. The van der Waals surface area contributed by atoms with E-state index in [1.165, 1.54) is 20.2 Å². The van der Waals surface area contributed by atoms with Crippen LogP contribution in [0, 0.1) is 0 Å². The van der Waals surface area contributed by atoms with Crippen LogP contribution < -0.4 is 0 Å². The number of fused-ring (bicyclic) bond motifs is 11. The maximum absolute atomic E-state index is 6.45. The molecule has 8 heteroatoms. The first-order chi connectivity index (χ1) is 29.7. The van der Waals surface area contributed by atoms with Crippen LogP contribution >= 0.6 is 11.3 Å². The Morgan fingerprint density at radius 1 is 0.417 bits per heavy atom. The Morgan fingerprint density at radius 3 is 1.83 bits per heavy atom. The highest BCUT2D eigenvalue weighted by Crippen LogP contribution is 2.43. The molecule has 0 amide bonds. The number of hydrogen-bond donors (Lipinski definition) is 0. The minimum atomic E-state index is 0.539. The average Bonchev–Trinajstić information content (AvgIpc) is 4.08. The summed E-state index contributed by atoms with van der Waals surface area (Å²) in [6, 6.07) is 63.2. The molecule has 0 aliphatic rings. The van der Waals surface area contributed by atoms with Gasteiger partial charge in [0.05, 0.1) is 33.3 Å². The van der Waals surface area contributed by atoms with Gasteiger partial charge in [0.2, 0.25) is 11.8 Å². The predicted octanol–water partition coefficient (Wildman–Crippen LogP) is 13.6. The van der Waals surface area contributed by atoms with Gasteiger partial charge in [-0.25, -0.2) is 9.97 Å². The molecule has 0 aliphatic carbocycles. The van der Waals surface area contributed by atoms with Gasteiger partial charge in [-0.1, -0.05) is 121 Å². The van der Waals surface area contributed by atoms with Gasteiger partial charge in [-0.3, -0.25) is 4.57 Å². The van der Waals surface area contributed by atoms with Crippen LogP contribution in [-0.4, -0.2) is 29.1 Å². The van der Waals surface area contributed by atoms with Crippen LogP contribution in [0.3, 0.4) is 0 Å². The van der Waals surface area contributed by atoms with Crippen LogP contribution in [0.1, 0.15) is 0 Å². The summed E-state index contributed by atoms with van der Waals surface area (Å²) < 4.78 is 13.5. The smallest absolute Gasteiger partial charge is 0.238 e. The summed E-state index contributed by atoms with van der Waals surface area (Å²) in [6.45, 7) is 0.